The molecule has 1 heterocycles. The minimum absolute atomic E-state index is 0.0635. The summed E-state index contributed by atoms with van der Waals surface area (Å²) in [5, 5.41) is 0. The Balaban J connectivity index is 1.37. The summed E-state index contributed by atoms with van der Waals surface area (Å²) in [6.45, 7) is 1.42. The first-order chi connectivity index (χ1) is 18.0. The average molecular weight is 557 g/mol. The molecule has 204 valence electrons. The highest BCUT2D eigenvalue weighted by molar-refractivity contribution is 7.89. The lowest BCUT2D eigenvalue weighted by Crippen LogP contribution is -2.49. The molecule has 0 bridgehead atoms. The summed E-state index contributed by atoms with van der Waals surface area (Å²) < 4.78 is 103. The van der Waals surface area contributed by atoms with Gasteiger partial charge < -0.3 is 9.47 Å². The Morgan fingerprint density at radius 3 is 2.13 bits per heavy atom. The third-order valence-electron chi connectivity index (χ3n) is 6.06. The van der Waals surface area contributed by atoms with Gasteiger partial charge in [-0.15, -0.1) is 13.2 Å². The number of benzene rings is 3. The molecule has 0 N–H and O–H groups in total. The van der Waals surface area contributed by atoms with Gasteiger partial charge in [-0.2, -0.15) is 4.31 Å². The van der Waals surface area contributed by atoms with E-state index in [1.165, 1.54) is 18.2 Å². The first kappa shape index (κ1) is 28.0. The smallest absolute Gasteiger partial charge is 0.404 e. The van der Waals surface area contributed by atoms with Crippen molar-refractivity contribution in [2.75, 3.05) is 39.3 Å². The first-order valence-electron chi connectivity index (χ1n) is 11.7. The zero-order valence-corrected chi connectivity index (χ0v) is 20.9. The quantitative estimate of drug-likeness (QED) is 0.348. The van der Waals surface area contributed by atoms with E-state index in [0.717, 1.165) is 34.1 Å². The summed E-state index contributed by atoms with van der Waals surface area (Å²) in [6.07, 6.45) is -5.67. The van der Waals surface area contributed by atoms with Gasteiger partial charge in [0.2, 0.25) is 10.0 Å². The van der Waals surface area contributed by atoms with Crippen molar-refractivity contribution in [1.29, 1.82) is 0 Å². The van der Waals surface area contributed by atoms with Gasteiger partial charge in [0, 0.05) is 32.7 Å². The van der Waals surface area contributed by atoms with Crippen LogP contribution in [0.1, 0.15) is 17.2 Å². The van der Waals surface area contributed by atoms with E-state index in [1.54, 1.807) is 0 Å². The number of ether oxygens (including phenoxy) is 2. The van der Waals surface area contributed by atoms with Crippen molar-refractivity contribution in [2.45, 2.75) is 17.4 Å². The monoisotopic (exact) mass is 556 g/mol. The number of piperazine rings is 1. The summed E-state index contributed by atoms with van der Waals surface area (Å²) in [5.41, 5.74) is 1.21. The lowest BCUT2D eigenvalue weighted by molar-refractivity contribution is -0.275. The van der Waals surface area contributed by atoms with Crippen molar-refractivity contribution in [2.24, 2.45) is 0 Å². The summed E-state index contributed by atoms with van der Waals surface area (Å²) in [7, 11) is -4.22. The largest absolute Gasteiger partial charge is 0.573 e. The molecule has 3 aromatic rings. The van der Waals surface area contributed by atoms with Crippen LogP contribution in [-0.2, 0) is 14.8 Å². The zero-order chi connectivity index (χ0) is 27.3. The summed E-state index contributed by atoms with van der Waals surface area (Å²) >= 11 is 0. The highest BCUT2D eigenvalue weighted by Gasteiger charge is 2.36. The minimum atomic E-state index is -5.03. The fraction of sp³-hybridized carbons (Fsp3) is 0.308. The van der Waals surface area contributed by atoms with Crippen LogP contribution in [0, 0.1) is 11.6 Å². The molecule has 1 unspecified atom stereocenters. The maximum Gasteiger partial charge on any atom is 0.573 e. The summed E-state index contributed by atoms with van der Waals surface area (Å²) in [6, 6.07) is 17.3. The van der Waals surface area contributed by atoms with Crippen LogP contribution in [0.3, 0.4) is 0 Å². The Labute approximate surface area is 217 Å². The Bertz CT molecular complexity index is 1330. The Hall–Kier alpha value is -3.06. The van der Waals surface area contributed by atoms with Gasteiger partial charge in [0.25, 0.3) is 0 Å². The number of para-hydroxylation sites is 1. The molecule has 1 aliphatic heterocycles. The predicted octanol–water partition coefficient (Wildman–Crippen LogP) is 4.98. The van der Waals surface area contributed by atoms with Crippen molar-refractivity contribution in [1.82, 2.24) is 9.21 Å². The van der Waals surface area contributed by atoms with Gasteiger partial charge in [0.1, 0.15) is 16.7 Å². The van der Waals surface area contributed by atoms with Crippen LogP contribution in [0.2, 0.25) is 0 Å². The second-order valence-electron chi connectivity index (χ2n) is 8.58. The number of nitrogens with zero attached hydrogens (tertiary/aromatic N) is 2. The maximum absolute atomic E-state index is 13.9. The number of rotatable bonds is 9. The molecular weight excluding hydrogens is 531 g/mol. The molecule has 3 aromatic carbocycles. The van der Waals surface area contributed by atoms with Crippen LogP contribution < -0.4 is 4.74 Å². The molecule has 1 aliphatic rings. The molecule has 0 radical (unpaired) electrons. The zero-order valence-electron chi connectivity index (χ0n) is 20.1. The minimum Gasteiger partial charge on any atom is -0.404 e. The van der Waals surface area contributed by atoms with E-state index in [0.29, 0.717) is 25.2 Å². The van der Waals surface area contributed by atoms with Gasteiger partial charge in [-0.3, -0.25) is 4.90 Å². The van der Waals surface area contributed by atoms with Crippen LogP contribution in [-0.4, -0.2) is 63.3 Å². The Morgan fingerprint density at radius 2 is 1.47 bits per heavy atom. The topological polar surface area (TPSA) is 59.1 Å². The van der Waals surface area contributed by atoms with E-state index in [4.69, 9.17) is 4.74 Å². The van der Waals surface area contributed by atoms with Crippen molar-refractivity contribution < 1.29 is 39.8 Å². The Morgan fingerprint density at radius 1 is 0.816 bits per heavy atom. The van der Waals surface area contributed by atoms with E-state index < -0.39 is 44.8 Å². The van der Waals surface area contributed by atoms with Gasteiger partial charge in [-0.05, 0) is 35.4 Å². The fourth-order valence-electron chi connectivity index (χ4n) is 4.19. The van der Waals surface area contributed by atoms with Crippen LogP contribution in [0.5, 0.6) is 5.75 Å². The number of hydrogen-bond acceptors (Lipinski definition) is 5. The first-order valence-corrected chi connectivity index (χ1v) is 13.2. The van der Waals surface area contributed by atoms with Gasteiger partial charge in [0.15, 0.2) is 11.6 Å². The number of hydrogen-bond donors (Lipinski definition) is 0. The SMILES string of the molecule is O=S(=O)(c1ccccc1OC(F)(F)F)N1CCN(CCOC(c2ccccc2)c2ccc(F)c(F)c2)CC1. The molecule has 0 aromatic heterocycles. The van der Waals surface area contributed by atoms with Gasteiger partial charge in [-0.25, -0.2) is 17.2 Å². The van der Waals surface area contributed by atoms with Crippen LogP contribution in [0.4, 0.5) is 22.0 Å². The van der Waals surface area contributed by atoms with Gasteiger partial charge >= 0.3 is 6.36 Å². The molecule has 0 amide bonds. The average Bonchev–Trinajstić information content (AvgIpc) is 2.88. The van der Waals surface area contributed by atoms with Crippen LogP contribution in [0.25, 0.3) is 0 Å². The highest BCUT2D eigenvalue weighted by atomic mass is 32.2. The van der Waals surface area contributed by atoms with Crippen molar-refractivity contribution in [3.8, 4) is 5.75 Å². The van der Waals surface area contributed by atoms with Crippen molar-refractivity contribution >= 4 is 10.0 Å². The van der Waals surface area contributed by atoms with Crippen molar-refractivity contribution in [3.05, 3.63) is 95.6 Å². The maximum atomic E-state index is 13.9. The molecule has 0 spiro atoms. The second kappa shape index (κ2) is 11.8. The number of sulfonamides is 1. The van der Waals surface area contributed by atoms with E-state index in [-0.39, 0.29) is 19.7 Å². The van der Waals surface area contributed by atoms with E-state index in [1.807, 2.05) is 35.2 Å². The standard InChI is InChI=1S/C26H25F5N2O4S/c27-21-11-10-20(18-22(21)28)25(19-6-2-1-3-7-19)36-17-16-32-12-14-33(15-13-32)38(34,35)24-9-5-4-8-23(24)37-26(29,30)31/h1-11,18,25H,12-17H2. The van der Waals surface area contributed by atoms with Crippen molar-refractivity contribution in [3.63, 3.8) is 0 Å². The van der Waals surface area contributed by atoms with E-state index >= 15 is 0 Å². The summed E-state index contributed by atoms with van der Waals surface area (Å²) in [4.78, 5) is 1.41. The predicted molar refractivity (Wildman–Crippen MR) is 129 cm³/mol. The third kappa shape index (κ3) is 6.87. The molecule has 1 atom stereocenters. The molecule has 38 heavy (non-hydrogen) atoms. The third-order valence-corrected chi connectivity index (χ3v) is 8.00. The van der Waals surface area contributed by atoms with Crippen LogP contribution in [0.15, 0.2) is 77.7 Å². The molecule has 6 nitrogen and oxygen atoms in total. The number of halogens is 5. The fourth-order valence-corrected chi connectivity index (χ4v) is 5.73. The highest BCUT2D eigenvalue weighted by Crippen LogP contribution is 2.32. The lowest BCUT2D eigenvalue weighted by atomic mass is 10.0. The van der Waals surface area contributed by atoms with E-state index in [9.17, 15) is 30.4 Å². The second-order valence-corrected chi connectivity index (χ2v) is 10.5. The normalized spacial score (nSPS) is 16.3. The lowest BCUT2D eigenvalue weighted by Gasteiger charge is -2.34. The summed E-state index contributed by atoms with van der Waals surface area (Å²) in [5.74, 6) is -2.72. The Kier molecular flexibility index (Phi) is 8.66. The molecule has 12 heteroatoms. The molecule has 0 aliphatic carbocycles. The van der Waals surface area contributed by atoms with Crippen LogP contribution >= 0.6 is 0 Å². The van der Waals surface area contributed by atoms with Gasteiger partial charge in [0.05, 0.1) is 6.61 Å². The number of alkyl halides is 3. The molecule has 4 rings (SSSR count). The van der Waals surface area contributed by atoms with Gasteiger partial charge in [-0.1, -0.05) is 48.5 Å². The van der Waals surface area contributed by atoms with E-state index in [2.05, 4.69) is 4.74 Å². The molecule has 1 fully saturated rings. The molecule has 0 saturated carbocycles. The molecular formula is C26H25F5N2O4S. The molecule has 1 saturated heterocycles.